The van der Waals surface area contributed by atoms with Gasteiger partial charge in [-0.2, -0.15) is 0 Å². The molecular formula is C12H17BrN2O4S. The average molecular weight is 365 g/mol. The molecule has 0 saturated carbocycles. The summed E-state index contributed by atoms with van der Waals surface area (Å²) >= 11 is 4.64. The average Bonchev–Trinajstić information content (AvgIpc) is 2.76. The highest BCUT2D eigenvalue weighted by Crippen LogP contribution is 2.42. The van der Waals surface area contributed by atoms with Crippen molar-refractivity contribution in [2.24, 2.45) is 0 Å². The molecule has 112 valence electrons. The second-order valence-corrected chi connectivity index (χ2v) is 6.10. The number of hydrogen-bond donors (Lipinski definition) is 2. The topological polar surface area (TPSA) is 85.0 Å². The molecule has 1 fully saturated rings. The van der Waals surface area contributed by atoms with Gasteiger partial charge >= 0.3 is 5.97 Å². The zero-order valence-electron chi connectivity index (χ0n) is 11.1. The number of hydrogen-bond acceptors (Lipinski definition) is 7. The SMILES string of the molecule is CCOC(=O)c1sc(N2CCOC(CO)C2)c(N)c1Br. The highest BCUT2D eigenvalue weighted by molar-refractivity contribution is 9.10. The van der Waals surface area contributed by atoms with E-state index in [4.69, 9.17) is 15.2 Å². The molecule has 0 bridgehead atoms. The lowest BCUT2D eigenvalue weighted by Crippen LogP contribution is -2.44. The molecule has 1 aromatic heterocycles. The van der Waals surface area contributed by atoms with Gasteiger partial charge in [-0.25, -0.2) is 4.79 Å². The van der Waals surface area contributed by atoms with Crippen molar-refractivity contribution in [3.05, 3.63) is 9.35 Å². The largest absolute Gasteiger partial charge is 0.462 e. The highest BCUT2D eigenvalue weighted by atomic mass is 79.9. The zero-order chi connectivity index (χ0) is 14.7. The van der Waals surface area contributed by atoms with Gasteiger partial charge in [0.25, 0.3) is 0 Å². The van der Waals surface area contributed by atoms with Crippen molar-refractivity contribution in [3.63, 3.8) is 0 Å². The summed E-state index contributed by atoms with van der Waals surface area (Å²) in [5.41, 5.74) is 6.59. The number of halogens is 1. The molecule has 3 N–H and O–H groups in total. The Morgan fingerprint density at radius 1 is 1.70 bits per heavy atom. The van der Waals surface area contributed by atoms with E-state index in [1.165, 1.54) is 11.3 Å². The molecule has 6 nitrogen and oxygen atoms in total. The molecule has 1 aromatic rings. The monoisotopic (exact) mass is 364 g/mol. The van der Waals surface area contributed by atoms with Crippen molar-refractivity contribution in [3.8, 4) is 0 Å². The third-order valence-corrected chi connectivity index (χ3v) is 5.29. The number of esters is 1. The van der Waals surface area contributed by atoms with E-state index in [0.29, 0.717) is 41.3 Å². The molecule has 0 spiro atoms. The van der Waals surface area contributed by atoms with Gasteiger partial charge in [-0.1, -0.05) is 0 Å². The molecule has 0 aromatic carbocycles. The predicted octanol–water partition coefficient (Wildman–Crippen LogP) is 1.47. The summed E-state index contributed by atoms with van der Waals surface area (Å²) in [5, 5.41) is 9.99. The van der Waals surface area contributed by atoms with E-state index in [0.717, 1.165) is 5.00 Å². The van der Waals surface area contributed by atoms with Crippen LogP contribution in [0, 0.1) is 0 Å². The van der Waals surface area contributed by atoms with Crippen LogP contribution in [-0.2, 0) is 9.47 Å². The molecule has 1 aliphatic rings. The highest BCUT2D eigenvalue weighted by Gasteiger charge is 2.27. The Hall–Kier alpha value is -0.830. The van der Waals surface area contributed by atoms with Gasteiger partial charge < -0.3 is 25.2 Å². The fourth-order valence-electron chi connectivity index (χ4n) is 1.99. The van der Waals surface area contributed by atoms with E-state index in [1.807, 2.05) is 4.90 Å². The number of carbonyl (C=O) groups is 1. The number of nitrogens with zero attached hydrogens (tertiary/aromatic N) is 1. The maximum Gasteiger partial charge on any atom is 0.349 e. The van der Waals surface area contributed by atoms with Gasteiger partial charge in [-0.05, 0) is 22.9 Å². The van der Waals surface area contributed by atoms with Crippen LogP contribution in [0.15, 0.2) is 4.47 Å². The molecule has 1 saturated heterocycles. The summed E-state index contributed by atoms with van der Waals surface area (Å²) < 4.78 is 11.0. The van der Waals surface area contributed by atoms with E-state index in [2.05, 4.69) is 15.9 Å². The summed E-state index contributed by atoms with van der Waals surface area (Å²) in [7, 11) is 0. The maximum atomic E-state index is 11.9. The standard InChI is InChI=1S/C12H17BrN2O4S/c1-2-18-12(17)10-8(13)9(14)11(20-10)15-3-4-19-7(5-15)6-16/h7,16H,2-6,14H2,1H3. The van der Waals surface area contributed by atoms with E-state index in [9.17, 15) is 9.90 Å². The normalized spacial score (nSPS) is 19.1. The molecule has 1 unspecified atom stereocenters. The summed E-state index contributed by atoms with van der Waals surface area (Å²) in [6.45, 7) is 3.80. The van der Waals surface area contributed by atoms with E-state index in [1.54, 1.807) is 6.92 Å². The van der Waals surface area contributed by atoms with Crippen molar-refractivity contribution >= 4 is 43.9 Å². The lowest BCUT2D eigenvalue weighted by Gasteiger charge is -2.33. The Morgan fingerprint density at radius 2 is 2.45 bits per heavy atom. The summed E-state index contributed by atoms with van der Waals surface area (Å²) in [6.07, 6.45) is -0.227. The van der Waals surface area contributed by atoms with Gasteiger partial charge in [0, 0.05) is 13.1 Å². The van der Waals surface area contributed by atoms with Gasteiger partial charge in [-0.15, -0.1) is 11.3 Å². The minimum atomic E-state index is -0.380. The van der Waals surface area contributed by atoms with Crippen LogP contribution < -0.4 is 10.6 Å². The molecular weight excluding hydrogens is 348 g/mol. The van der Waals surface area contributed by atoms with Crippen LogP contribution in [0.5, 0.6) is 0 Å². The predicted molar refractivity (Wildman–Crippen MR) is 81.4 cm³/mol. The van der Waals surface area contributed by atoms with Crippen LogP contribution in [0.1, 0.15) is 16.6 Å². The summed E-state index contributed by atoms with van der Waals surface area (Å²) in [5.74, 6) is -0.380. The first-order valence-corrected chi connectivity index (χ1v) is 7.91. The first-order chi connectivity index (χ1) is 9.58. The van der Waals surface area contributed by atoms with E-state index in [-0.39, 0.29) is 18.7 Å². The number of nitrogens with two attached hydrogens (primary N) is 1. The van der Waals surface area contributed by atoms with Crippen molar-refractivity contribution in [2.75, 3.05) is 43.5 Å². The van der Waals surface area contributed by atoms with Crippen molar-refractivity contribution in [2.45, 2.75) is 13.0 Å². The second-order valence-electron chi connectivity index (χ2n) is 4.31. The van der Waals surface area contributed by atoms with Gasteiger partial charge in [0.1, 0.15) is 9.88 Å². The fraction of sp³-hybridized carbons (Fsp3) is 0.583. The fourth-order valence-corrected chi connectivity index (χ4v) is 3.76. The smallest absolute Gasteiger partial charge is 0.349 e. The summed E-state index contributed by atoms with van der Waals surface area (Å²) in [4.78, 5) is 14.3. The third-order valence-electron chi connectivity index (χ3n) is 2.96. The molecule has 0 aliphatic carbocycles. The van der Waals surface area contributed by atoms with Crippen LogP contribution in [-0.4, -0.2) is 50.1 Å². The van der Waals surface area contributed by atoms with Gasteiger partial charge in [-0.3, -0.25) is 0 Å². The number of aliphatic hydroxyl groups excluding tert-OH is 1. The van der Waals surface area contributed by atoms with Crippen molar-refractivity contribution in [1.82, 2.24) is 0 Å². The van der Waals surface area contributed by atoms with E-state index >= 15 is 0 Å². The zero-order valence-corrected chi connectivity index (χ0v) is 13.5. The molecule has 2 heterocycles. The Morgan fingerprint density at radius 3 is 3.10 bits per heavy atom. The van der Waals surface area contributed by atoms with Gasteiger partial charge in [0.15, 0.2) is 0 Å². The first kappa shape index (κ1) is 15.6. The maximum absolute atomic E-state index is 11.9. The molecule has 0 radical (unpaired) electrons. The molecule has 2 rings (SSSR count). The van der Waals surface area contributed by atoms with Crippen molar-refractivity contribution < 1.29 is 19.4 Å². The molecule has 1 atom stereocenters. The Labute approximate surface area is 129 Å². The quantitative estimate of drug-likeness (QED) is 0.786. The number of thiophene rings is 1. The number of nitrogen functional groups attached to an aromatic ring is 1. The Kier molecular flexibility index (Phi) is 5.25. The van der Waals surface area contributed by atoms with Crippen LogP contribution >= 0.6 is 27.3 Å². The summed E-state index contributed by atoms with van der Waals surface area (Å²) in [6, 6.07) is 0. The molecule has 1 aliphatic heterocycles. The van der Waals surface area contributed by atoms with Gasteiger partial charge in [0.05, 0.1) is 36.1 Å². The lowest BCUT2D eigenvalue weighted by molar-refractivity contribution is 0.00378. The van der Waals surface area contributed by atoms with Crippen LogP contribution in [0.3, 0.4) is 0 Å². The first-order valence-electron chi connectivity index (χ1n) is 6.30. The number of aliphatic hydroxyl groups is 1. The third kappa shape index (κ3) is 3.08. The lowest BCUT2D eigenvalue weighted by atomic mass is 10.3. The minimum absolute atomic E-state index is 0.0340. The number of anilines is 2. The van der Waals surface area contributed by atoms with Crippen LogP contribution in [0.4, 0.5) is 10.7 Å². The molecule has 0 amide bonds. The van der Waals surface area contributed by atoms with Crippen molar-refractivity contribution in [1.29, 1.82) is 0 Å². The van der Waals surface area contributed by atoms with Gasteiger partial charge in [0.2, 0.25) is 0 Å². The van der Waals surface area contributed by atoms with Crippen LogP contribution in [0.2, 0.25) is 0 Å². The Balaban J connectivity index is 2.24. The number of rotatable bonds is 4. The number of morpholine rings is 1. The second kappa shape index (κ2) is 6.75. The number of ether oxygens (including phenoxy) is 2. The number of carbonyl (C=O) groups excluding carboxylic acids is 1. The molecule has 20 heavy (non-hydrogen) atoms. The molecule has 8 heteroatoms. The van der Waals surface area contributed by atoms with Crippen LogP contribution in [0.25, 0.3) is 0 Å². The van der Waals surface area contributed by atoms with E-state index < -0.39 is 0 Å². The Bertz CT molecular complexity index is 494. The minimum Gasteiger partial charge on any atom is -0.462 e.